The van der Waals surface area contributed by atoms with E-state index in [2.05, 4.69) is 27.3 Å². The summed E-state index contributed by atoms with van der Waals surface area (Å²) in [6, 6.07) is 3.94. The van der Waals surface area contributed by atoms with Gasteiger partial charge >= 0.3 is 0 Å². The number of aromatic nitrogens is 4. The third kappa shape index (κ3) is 3.88. The minimum absolute atomic E-state index is 0.0223. The van der Waals surface area contributed by atoms with Crippen molar-refractivity contribution in [3.05, 3.63) is 64.4 Å². The summed E-state index contributed by atoms with van der Waals surface area (Å²) in [5, 5.41) is 19.8. The van der Waals surface area contributed by atoms with Crippen molar-refractivity contribution in [3.63, 3.8) is 0 Å². The first-order chi connectivity index (χ1) is 15.0. The van der Waals surface area contributed by atoms with Gasteiger partial charge in [-0.15, -0.1) is 11.3 Å². The van der Waals surface area contributed by atoms with Crippen LogP contribution in [-0.2, 0) is 11.3 Å². The van der Waals surface area contributed by atoms with E-state index in [9.17, 15) is 9.90 Å². The minimum Gasteiger partial charge on any atom is -0.393 e. The van der Waals surface area contributed by atoms with Crippen LogP contribution >= 0.6 is 11.3 Å². The third-order valence-corrected chi connectivity index (χ3v) is 6.84. The zero-order valence-electron chi connectivity index (χ0n) is 17.2. The van der Waals surface area contributed by atoms with Crippen molar-refractivity contribution < 1.29 is 14.6 Å². The Morgan fingerprint density at radius 1 is 1.39 bits per heavy atom. The predicted octanol–water partition coefficient (Wildman–Crippen LogP) is 2.78. The highest BCUT2D eigenvalue weighted by Crippen LogP contribution is 2.34. The maximum atomic E-state index is 13.3. The van der Waals surface area contributed by atoms with Gasteiger partial charge in [-0.1, -0.05) is 0 Å². The summed E-state index contributed by atoms with van der Waals surface area (Å²) in [6.45, 7) is 7.26. The Hall–Kier alpha value is -2.62. The molecule has 9 heteroatoms. The molecule has 2 aliphatic rings. The van der Waals surface area contributed by atoms with Crippen LogP contribution in [0, 0.1) is 19.8 Å². The van der Waals surface area contributed by atoms with E-state index in [1.807, 2.05) is 29.1 Å². The Morgan fingerprint density at radius 3 is 3.06 bits per heavy atom. The smallest absolute Gasteiger partial charge is 0.208 e. The van der Waals surface area contributed by atoms with Crippen LogP contribution in [0.3, 0.4) is 0 Å². The highest BCUT2D eigenvalue weighted by molar-refractivity contribution is 7.12. The zero-order chi connectivity index (χ0) is 21.5. The molecule has 31 heavy (non-hydrogen) atoms. The quantitative estimate of drug-likeness (QED) is 0.591. The normalized spacial score (nSPS) is 25.4. The molecule has 161 valence electrons. The molecule has 2 N–H and O–H groups in total. The fourth-order valence-electron chi connectivity index (χ4n) is 4.33. The number of hydrogen-bond donors (Lipinski definition) is 2. The molecule has 4 heterocycles. The molecule has 8 nitrogen and oxygen atoms in total. The van der Waals surface area contributed by atoms with Gasteiger partial charge in [0.15, 0.2) is 0 Å². The Balaban J connectivity index is 1.38. The van der Waals surface area contributed by atoms with Crippen molar-refractivity contribution in [2.24, 2.45) is 5.92 Å². The molecule has 0 amide bonds. The number of hydrogen-bond acceptors (Lipinski definition) is 8. The van der Waals surface area contributed by atoms with E-state index in [1.165, 1.54) is 17.7 Å². The fourth-order valence-corrected chi connectivity index (χ4v) is 5.21. The fraction of sp³-hybridized carbons (Fsp3) is 0.409. The maximum absolute atomic E-state index is 13.3. The van der Waals surface area contributed by atoms with Crippen LogP contribution in [0.25, 0.3) is 0 Å². The summed E-state index contributed by atoms with van der Waals surface area (Å²) >= 11 is 1.39. The number of aliphatic hydroxyl groups excluding tert-OH is 1. The molecule has 1 aliphatic heterocycles. The van der Waals surface area contributed by atoms with Crippen LogP contribution < -0.4 is 5.32 Å². The maximum Gasteiger partial charge on any atom is 0.208 e. The molecule has 4 atom stereocenters. The SMILES string of the molecule is [CH2][C@@H]1C[C@@H](Nc2ncncc2C(=O)c2cc([C@H]3OCCn4nc(C)cc43)cs2)C[C@@H]1O. The second kappa shape index (κ2) is 8.14. The molecule has 1 radical (unpaired) electrons. The lowest BCUT2D eigenvalue weighted by molar-refractivity contribution is 0.0424. The Bertz CT molecular complexity index is 1100. The molecule has 0 saturated heterocycles. The highest BCUT2D eigenvalue weighted by atomic mass is 32.1. The lowest BCUT2D eigenvalue weighted by atomic mass is 10.1. The van der Waals surface area contributed by atoms with Crippen molar-refractivity contribution in [3.8, 4) is 0 Å². The molecule has 1 fully saturated rings. The van der Waals surface area contributed by atoms with Crippen molar-refractivity contribution >= 4 is 22.9 Å². The summed E-state index contributed by atoms with van der Waals surface area (Å²) < 4.78 is 7.98. The number of fused-ring (bicyclic) bond motifs is 1. The molecular formula is C22H24N5O3S. The number of ether oxygens (including phenoxy) is 1. The summed E-state index contributed by atoms with van der Waals surface area (Å²) in [7, 11) is 0. The number of aryl methyl sites for hydroxylation is 1. The highest BCUT2D eigenvalue weighted by Gasteiger charge is 2.31. The lowest BCUT2D eigenvalue weighted by Crippen LogP contribution is -2.22. The molecule has 0 aromatic carbocycles. The number of aliphatic hydroxyl groups is 1. The number of carbonyl (C=O) groups excluding carboxylic acids is 1. The Kier molecular flexibility index (Phi) is 5.33. The van der Waals surface area contributed by atoms with Crippen LogP contribution in [-0.4, -0.2) is 49.4 Å². The molecule has 3 aromatic heterocycles. The van der Waals surface area contributed by atoms with E-state index in [0.29, 0.717) is 29.3 Å². The van der Waals surface area contributed by atoms with Gasteiger partial charge in [-0.3, -0.25) is 9.48 Å². The molecule has 1 saturated carbocycles. The molecule has 0 bridgehead atoms. The second-order valence-electron chi connectivity index (χ2n) is 8.18. The van der Waals surface area contributed by atoms with Gasteiger partial charge in [0.25, 0.3) is 0 Å². The predicted molar refractivity (Wildman–Crippen MR) is 116 cm³/mol. The van der Waals surface area contributed by atoms with Crippen LogP contribution in [0.2, 0.25) is 0 Å². The summed E-state index contributed by atoms with van der Waals surface area (Å²) in [5.41, 5.74) is 3.33. The molecule has 0 spiro atoms. The Morgan fingerprint density at radius 2 is 2.26 bits per heavy atom. The minimum atomic E-state index is -0.439. The van der Waals surface area contributed by atoms with Crippen LogP contribution in [0.15, 0.2) is 30.0 Å². The topological polar surface area (TPSA) is 102 Å². The first-order valence-corrected chi connectivity index (χ1v) is 11.2. The van der Waals surface area contributed by atoms with Crippen LogP contribution in [0.5, 0.6) is 0 Å². The van der Waals surface area contributed by atoms with Crippen molar-refractivity contribution in [1.29, 1.82) is 0 Å². The van der Waals surface area contributed by atoms with Crippen LogP contribution in [0.4, 0.5) is 5.82 Å². The standard InChI is InChI=1S/C22H24N5O3S/c1-12-5-15(8-18(12)28)25-22-16(9-23-11-24-22)20(29)19-7-14(10-31-19)21-17-6-13(2)26-27(17)3-4-30-21/h6-7,9-12,15,18,21,28H,1,3-5,8H2,2H3,(H,23,24,25)/t12-,15-,18+,21-/m1/s1. The molecule has 5 rings (SSSR count). The van der Waals surface area contributed by atoms with Gasteiger partial charge < -0.3 is 15.2 Å². The van der Waals surface area contributed by atoms with E-state index in [-0.39, 0.29) is 23.8 Å². The second-order valence-corrected chi connectivity index (χ2v) is 9.09. The van der Waals surface area contributed by atoms with Crippen LogP contribution in [0.1, 0.15) is 51.1 Å². The average molecular weight is 439 g/mol. The van der Waals surface area contributed by atoms with Crippen molar-refractivity contribution in [2.45, 2.75) is 44.6 Å². The molecule has 1 aliphatic carbocycles. The lowest BCUT2D eigenvalue weighted by Gasteiger charge is -2.23. The van der Waals surface area contributed by atoms with E-state index in [1.54, 1.807) is 6.20 Å². The number of carbonyl (C=O) groups is 1. The zero-order valence-corrected chi connectivity index (χ0v) is 18.0. The van der Waals surface area contributed by atoms with Crippen molar-refractivity contribution in [2.75, 3.05) is 11.9 Å². The number of rotatable bonds is 5. The first-order valence-electron chi connectivity index (χ1n) is 10.4. The number of nitrogens with zero attached hydrogens (tertiary/aromatic N) is 4. The first kappa shape index (κ1) is 20.3. The number of ketones is 1. The molecular weight excluding hydrogens is 414 g/mol. The van der Waals surface area contributed by atoms with E-state index < -0.39 is 6.10 Å². The largest absolute Gasteiger partial charge is 0.393 e. The van der Waals surface area contributed by atoms with E-state index in [4.69, 9.17) is 4.74 Å². The van der Waals surface area contributed by atoms with Gasteiger partial charge in [-0.2, -0.15) is 5.10 Å². The number of anilines is 1. The van der Waals surface area contributed by atoms with Gasteiger partial charge in [0.05, 0.1) is 41.1 Å². The molecule has 0 unspecified atom stereocenters. The Labute approximate surface area is 184 Å². The third-order valence-electron chi connectivity index (χ3n) is 5.89. The van der Waals surface area contributed by atoms with Gasteiger partial charge in [0.1, 0.15) is 18.2 Å². The van der Waals surface area contributed by atoms with Gasteiger partial charge in [-0.25, -0.2) is 9.97 Å². The number of nitrogens with one attached hydrogen (secondary N) is 1. The summed E-state index contributed by atoms with van der Waals surface area (Å²) in [5.74, 6) is 0.333. The molecule has 3 aromatic rings. The average Bonchev–Trinajstić information content (AvgIpc) is 3.46. The van der Waals surface area contributed by atoms with Gasteiger partial charge in [-0.05, 0) is 55.7 Å². The van der Waals surface area contributed by atoms with E-state index >= 15 is 0 Å². The monoisotopic (exact) mass is 438 g/mol. The summed E-state index contributed by atoms with van der Waals surface area (Å²) in [6.07, 6.45) is 3.61. The van der Waals surface area contributed by atoms with Gasteiger partial charge in [0.2, 0.25) is 5.78 Å². The van der Waals surface area contributed by atoms with Crippen molar-refractivity contribution in [1.82, 2.24) is 19.7 Å². The number of thiophene rings is 1. The summed E-state index contributed by atoms with van der Waals surface area (Å²) in [4.78, 5) is 22.2. The van der Waals surface area contributed by atoms with Gasteiger partial charge in [0, 0.05) is 12.2 Å². The van der Waals surface area contributed by atoms with E-state index in [0.717, 1.165) is 29.9 Å².